The van der Waals surface area contributed by atoms with Crippen molar-refractivity contribution in [2.24, 2.45) is 5.92 Å². The minimum Gasteiger partial charge on any atom is -0.494 e. The highest BCUT2D eigenvalue weighted by molar-refractivity contribution is 5.94. The van der Waals surface area contributed by atoms with E-state index in [1.165, 1.54) is 0 Å². The lowest BCUT2D eigenvalue weighted by atomic mass is 10.0. The lowest BCUT2D eigenvalue weighted by molar-refractivity contribution is 0.0660. The molecule has 0 radical (unpaired) electrons. The molecule has 1 aromatic carbocycles. The van der Waals surface area contributed by atoms with Crippen molar-refractivity contribution in [1.29, 1.82) is 0 Å². The molecule has 0 heterocycles. The molecule has 1 unspecified atom stereocenters. The average Bonchev–Trinajstić information content (AvgIpc) is 2.41. The van der Waals surface area contributed by atoms with E-state index in [1.807, 2.05) is 43.9 Å². The molecule has 0 aliphatic carbocycles. The van der Waals surface area contributed by atoms with E-state index >= 15 is 0 Å². The number of rotatable bonds is 6. The predicted octanol–water partition coefficient (Wildman–Crippen LogP) is 3.90. The van der Waals surface area contributed by atoms with E-state index in [0.717, 1.165) is 23.4 Å². The zero-order chi connectivity index (χ0) is 15.3. The third kappa shape index (κ3) is 3.75. The van der Waals surface area contributed by atoms with Gasteiger partial charge in [-0.2, -0.15) is 0 Å². The zero-order valence-electron chi connectivity index (χ0n) is 13.6. The first-order valence-corrected chi connectivity index (χ1v) is 7.46. The van der Waals surface area contributed by atoms with Crippen molar-refractivity contribution >= 4 is 5.91 Å². The van der Waals surface area contributed by atoms with Crippen LogP contribution in [-0.2, 0) is 0 Å². The Morgan fingerprint density at radius 1 is 1.25 bits per heavy atom. The minimum absolute atomic E-state index is 0.0971. The Morgan fingerprint density at radius 3 is 2.35 bits per heavy atom. The summed E-state index contributed by atoms with van der Waals surface area (Å²) in [5.41, 5.74) is 1.74. The van der Waals surface area contributed by atoms with Crippen LogP contribution in [0.4, 0.5) is 0 Å². The number of carbonyl (C=O) groups excluding carboxylic acids is 1. The number of hydrogen-bond acceptors (Lipinski definition) is 2. The summed E-state index contributed by atoms with van der Waals surface area (Å²) in [5, 5.41) is 0. The number of ether oxygens (including phenoxy) is 1. The Balaban J connectivity index is 2.98. The van der Waals surface area contributed by atoms with E-state index in [9.17, 15) is 4.79 Å². The van der Waals surface area contributed by atoms with Gasteiger partial charge in [-0.15, -0.1) is 0 Å². The van der Waals surface area contributed by atoms with Gasteiger partial charge in [-0.05, 0) is 57.4 Å². The third-order valence-electron chi connectivity index (χ3n) is 3.78. The van der Waals surface area contributed by atoms with E-state index in [-0.39, 0.29) is 11.9 Å². The molecule has 1 rings (SSSR count). The molecule has 0 bridgehead atoms. The van der Waals surface area contributed by atoms with Gasteiger partial charge in [0.25, 0.3) is 5.91 Å². The molecule has 0 N–H and O–H groups in total. The lowest BCUT2D eigenvalue weighted by Crippen LogP contribution is -2.41. The topological polar surface area (TPSA) is 29.5 Å². The summed E-state index contributed by atoms with van der Waals surface area (Å²) in [6.45, 7) is 13.7. The van der Waals surface area contributed by atoms with Crippen LogP contribution >= 0.6 is 0 Å². The maximum atomic E-state index is 12.6. The number of benzene rings is 1. The predicted molar refractivity (Wildman–Crippen MR) is 83.4 cm³/mol. The monoisotopic (exact) mass is 277 g/mol. The van der Waals surface area contributed by atoms with Crippen molar-refractivity contribution in [3.8, 4) is 5.75 Å². The van der Waals surface area contributed by atoms with Crippen molar-refractivity contribution in [2.45, 2.75) is 47.6 Å². The van der Waals surface area contributed by atoms with Gasteiger partial charge in [0.2, 0.25) is 0 Å². The molecule has 20 heavy (non-hydrogen) atoms. The highest BCUT2D eigenvalue weighted by atomic mass is 16.5. The van der Waals surface area contributed by atoms with Gasteiger partial charge in [-0.1, -0.05) is 13.8 Å². The molecule has 3 heteroatoms. The molecule has 0 saturated carbocycles. The van der Waals surface area contributed by atoms with Gasteiger partial charge < -0.3 is 9.64 Å². The summed E-state index contributed by atoms with van der Waals surface area (Å²) < 4.78 is 5.52. The molecular weight excluding hydrogens is 250 g/mol. The molecule has 1 aromatic rings. The van der Waals surface area contributed by atoms with Crippen molar-refractivity contribution < 1.29 is 9.53 Å². The van der Waals surface area contributed by atoms with Gasteiger partial charge >= 0.3 is 0 Å². The van der Waals surface area contributed by atoms with Gasteiger partial charge in [-0.25, -0.2) is 0 Å². The first kappa shape index (κ1) is 16.5. The number of carbonyl (C=O) groups is 1. The highest BCUT2D eigenvalue weighted by Crippen LogP contribution is 2.21. The molecule has 1 amide bonds. The molecule has 0 aliphatic rings. The summed E-state index contributed by atoms with van der Waals surface area (Å²) in [4.78, 5) is 14.6. The summed E-state index contributed by atoms with van der Waals surface area (Å²) in [6, 6.07) is 5.90. The second-order valence-corrected chi connectivity index (χ2v) is 5.49. The fourth-order valence-corrected chi connectivity index (χ4v) is 2.24. The maximum Gasteiger partial charge on any atom is 0.254 e. The van der Waals surface area contributed by atoms with Gasteiger partial charge in [0.1, 0.15) is 5.75 Å². The number of hydrogen-bond donors (Lipinski definition) is 0. The van der Waals surface area contributed by atoms with Gasteiger partial charge in [-0.3, -0.25) is 4.79 Å². The van der Waals surface area contributed by atoms with Crippen LogP contribution < -0.4 is 4.74 Å². The summed E-state index contributed by atoms with van der Waals surface area (Å²) >= 11 is 0. The third-order valence-corrected chi connectivity index (χ3v) is 3.78. The Morgan fingerprint density at radius 2 is 1.90 bits per heavy atom. The van der Waals surface area contributed by atoms with Gasteiger partial charge in [0.15, 0.2) is 0 Å². The van der Waals surface area contributed by atoms with Crippen LogP contribution in [0.5, 0.6) is 5.75 Å². The maximum absolute atomic E-state index is 12.6. The minimum atomic E-state index is 0.0971. The zero-order valence-corrected chi connectivity index (χ0v) is 13.6. The van der Waals surface area contributed by atoms with Crippen molar-refractivity contribution in [3.63, 3.8) is 0 Å². The van der Waals surface area contributed by atoms with Gasteiger partial charge in [0.05, 0.1) is 6.61 Å². The van der Waals surface area contributed by atoms with E-state index in [4.69, 9.17) is 4.74 Å². The Hall–Kier alpha value is -1.51. The summed E-state index contributed by atoms with van der Waals surface area (Å²) in [7, 11) is 0. The second-order valence-electron chi connectivity index (χ2n) is 5.49. The fourth-order valence-electron chi connectivity index (χ4n) is 2.24. The molecule has 0 saturated heterocycles. The largest absolute Gasteiger partial charge is 0.494 e. The van der Waals surface area contributed by atoms with E-state index in [1.54, 1.807) is 0 Å². The normalized spacial score (nSPS) is 12.3. The first-order valence-electron chi connectivity index (χ1n) is 7.46. The van der Waals surface area contributed by atoms with Crippen LogP contribution in [0.1, 0.15) is 50.5 Å². The molecular formula is C17H27NO2. The molecule has 1 atom stereocenters. The number of aryl methyl sites for hydroxylation is 1. The molecule has 3 nitrogen and oxygen atoms in total. The van der Waals surface area contributed by atoms with E-state index < -0.39 is 0 Å². The molecule has 0 fully saturated rings. The second kappa shape index (κ2) is 7.32. The lowest BCUT2D eigenvalue weighted by Gasteiger charge is -2.31. The van der Waals surface area contributed by atoms with Crippen molar-refractivity contribution in [3.05, 3.63) is 29.3 Å². The standard InChI is InChI=1S/C17H27NO2/c1-7-18(14(6)12(3)4)17(19)15-9-10-16(20-8-2)13(5)11-15/h9-12,14H,7-8H2,1-6H3. The van der Waals surface area contributed by atoms with E-state index in [0.29, 0.717) is 12.5 Å². The Bertz CT molecular complexity index is 454. The average molecular weight is 277 g/mol. The molecule has 112 valence electrons. The van der Waals surface area contributed by atoms with E-state index in [2.05, 4.69) is 20.8 Å². The number of amides is 1. The van der Waals surface area contributed by atoms with Crippen LogP contribution in [-0.4, -0.2) is 30.0 Å². The van der Waals surface area contributed by atoms with Gasteiger partial charge in [0, 0.05) is 18.2 Å². The van der Waals surface area contributed by atoms with Crippen molar-refractivity contribution in [2.75, 3.05) is 13.2 Å². The smallest absolute Gasteiger partial charge is 0.254 e. The van der Waals surface area contributed by atoms with Crippen molar-refractivity contribution in [1.82, 2.24) is 4.90 Å². The fraction of sp³-hybridized carbons (Fsp3) is 0.588. The highest BCUT2D eigenvalue weighted by Gasteiger charge is 2.22. The number of nitrogens with zero attached hydrogens (tertiary/aromatic N) is 1. The quantitative estimate of drug-likeness (QED) is 0.789. The van der Waals surface area contributed by atoms with Crippen LogP contribution in [0.25, 0.3) is 0 Å². The SMILES string of the molecule is CCOc1ccc(C(=O)N(CC)C(C)C(C)C)cc1C. The molecule has 0 aromatic heterocycles. The first-order chi connectivity index (χ1) is 9.42. The summed E-state index contributed by atoms with van der Waals surface area (Å²) in [6.07, 6.45) is 0. The van der Waals surface area contributed by atoms with Crippen LogP contribution in [0.15, 0.2) is 18.2 Å². The molecule has 0 aliphatic heterocycles. The molecule has 0 spiro atoms. The Kier molecular flexibility index (Phi) is 6.05. The summed E-state index contributed by atoms with van der Waals surface area (Å²) in [5.74, 6) is 1.39. The van der Waals surface area contributed by atoms with Crippen LogP contribution in [0.2, 0.25) is 0 Å². The van der Waals surface area contributed by atoms with Crippen LogP contribution in [0.3, 0.4) is 0 Å². The van der Waals surface area contributed by atoms with Crippen LogP contribution in [0, 0.1) is 12.8 Å². The Labute approximate surface area is 122 Å².